The Labute approximate surface area is 149 Å². The molecule has 0 aliphatic carbocycles. The van der Waals surface area contributed by atoms with Crippen molar-refractivity contribution in [3.05, 3.63) is 58.1 Å². The molecule has 2 N–H and O–H groups in total. The molecule has 1 aromatic carbocycles. The molecule has 0 aliphatic heterocycles. The predicted molar refractivity (Wildman–Crippen MR) is 95.4 cm³/mol. The van der Waals surface area contributed by atoms with Crippen molar-refractivity contribution in [3.63, 3.8) is 0 Å². The predicted octanol–water partition coefficient (Wildman–Crippen LogP) is 4.04. The van der Waals surface area contributed by atoms with E-state index in [4.69, 9.17) is 16.1 Å². The smallest absolute Gasteiger partial charge is 0.258 e. The Morgan fingerprint density at radius 1 is 1.12 bits per heavy atom. The molecule has 0 aliphatic rings. The lowest BCUT2D eigenvalue weighted by molar-refractivity contribution is 0.102. The van der Waals surface area contributed by atoms with Gasteiger partial charge < -0.3 is 15.2 Å². The molecule has 0 saturated heterocycles. The van der Waals surface area contributed by atoms with Gasteiger partial charge in [-0.3, -0.25) is 4.79 Å². The standard InChI is InChI=1S/C17H16ClN5O2/c1-9-4-10(2)15(13(18)5-9)22-16(24)12-7-19-17(20-8-12)21-14-6-11(3)25-23-14/h4-8H,1-3H3,(H,22,24)(H,19,20,21,23). The highest BCUT2D eigenvalue weighted by atomic mass is 35.5. The van der Waals surface area contributed by atoms with Crippen molar-refractivity contribution >= 4 is 35.0 Å². The summed E-state index contributed by atoms with van der Waals surface area (Å²) >= 11 is 6.21. The molecule has 2 aromatic heterocycles. The van der Waals surface area contributed by atoms with E-state index in [0.717, 1.165) is 11.1 Å². The first-order valence-corrected chi connectivity index (χ1v) is 7.90. The molecular formula is C17H16ClN5O2. The van der Waals surface area contributed by atoms with Crippen LogP contribution in [0.2, 0.25) is 5.02 Å². The van der Waals surface area contributed by atoms with Crippen LogP contribution in [-0.2, 0) is 0 Å². The lowest BCUT2D eigenvalue weighted by Gasteiger charge is -2.11. The van der Waals surface area contributed by atoms with Crippen LogP contribution in [0.5, 0.6) is 0 Å². The highest BCUT2D eigenvalue weighted by molar-refractivity contribution is 6.34. The van der Waals surface area contributed by atoms with E-state index in [1.165, 1.54) is 12.4 Å². The van der Waals surface area contributed by atoms with Crippen LogP contribution in [-0.4, -0.2) is 21.0 Å². The zero-order valence-corrected chi connectivity index (χ0v) is 14.7. The number of amides is 1. The van der Waals surface area contributed by atoms with Gasteiger partial charge in [0, 0.05) is 18.5 Å². The van der Waals surface area contributed by atoms with Crippen LogP contribution >= 0.6 is 11.6 Å². The summed E-state index contributed by atoms with van der Waals surface area (Å²) in [6.45, 7) is 5.61. The molecule has 2 heterocycles. The molecule has 8 heteroatoms. The molecule has 0 fully saturated rings. The summed E-state index contributed by atoms with van der Waals surface area (Å²) in [5.74, 6) is 1.15. The van der Waals surface area contributed by atoms with Crippen molar-refractivity contribution < 1.29 is 9.32 Å². The fourth-order valence-electron chi connectivity index (χ4n) is 2.31. The molecule has 3 aromatic rings. The maximum absolute atomic E-state index is 12.4. The molecule has 25 heavy (non-hydrogen) atoms. The van der Waals surface area contributed by atoms with Crippen LogP contribution < -0.4 is 10.6 Å². The van der Waals surface area contributed by atoms with Gasteiger partial charge in [0.2, 0.25) is 5.95 Å². The summed E-state index contributed by atoms with van der Waals surface area (Å²) in [4.78, 5) is 20.6. The van der Waals surface area contributed by atoms with Crippen LogP contribution in [0.3, 0.4) is 0 Å². The average molecular weight is 358 g/mol. The van der Waals surface area contributed by atoms with Crippen LogP contribution in [0.1, 0.15) is 27.2 Å². The molecule has 7 nitrogen and oxygen atoms in total. The summed E-state index contributed by atoms with van der Waals surface area (Å²) in [6.07, 6.45) is 2.85. The fraction of sp³-hybridized carbons (Fsp3) is 0.176. The number of carbonyl (C=O) groups excluding carboxylic acids is 1. The number of aryl methyl sites for hydroxylation is 3. The van der Waals surface area contributed by atoms with Gasteiger partial charge in [0.1, 0.15) is 5.76 Å². The van der Waals surface area contributed by atoms with Crippen LogP contribution in [0.15, 0.2) is 35.1 Å². The van der Waals surface area contributed by atoms with Crippen LogP contribution in [0.4, 0.5) is 17.5 Å². The minimum absolute atomic E-state index is 0.314. The molecule has 0 saturated carbocycles. The van der Waals surface area contributed by atoms with Gasteiger partial charge in [0.15, 0.2) is 5.82 Å². The number of carbonyl (C=O) groups is 1. The van der Waals surface area contributed by atoms with Crippen molar-refractivity contribution in [3.8, 4) is 0 Å². The molecule has 0 atom stereocenters. The second-order valence-electron chi connectivity index (χ2n) is 5.64. The molecule has 0 radical (unpaired) electrons. The zero-order chi connectivity index (χ0) is 18.0. The van der Waals surface area contributed by atoms with Gasteiger partial charge in [0.25, 0.3) is 5.91 Å². The van der Waals surface area contributed by atoms with E-state index < -0.39 is 0 Å². The Kier molecular flexibility index (Phi) is 4.67. The molecule has 0 bridgehead atoms. The van der Waals surface area contributed by atoms with Crippen molar-refractivity contribution in [1.29, 1.82) is 0 Å². The maximum atomic E-state index is 12.4. The number of nitrogens with one attached hydrogen (secondary N) is 2. The van der Waals surface area contributed by atoms with Crippen molar-refractivity contribution in [2.45, 2.75) is 20.8 Å². The minimum atomic E-state index is -0.335. The normalized spacial score (nSPS) is 10.6. The third-order valence-corrected chi connectivity index (χ3v) is 3.75. The summed E-state index contributed by atoms with van der Waals surface area (Å²) in [7, 11) is 0. The first-order chi connectivity index (χ1) is 11.9. The molecule has 0 spiro atoms. The van der Waals surface area contributed by atoms with Crippen molar-refractivity contribution in [1.82, 2.24) is 15.1 Å². The van der Waals surface area contributed by atoms with Gasteiger partial charge in [-0.2, -0.15) is 0 Å². The lowest BCUT2D eigenvalue weighted by Crippen LogP contribution is -2.14. The summed E-state index contributed by atoms with van der Waals surface area (Å²) < 4.78 is 4.95. The Hall–Kier alpha value is -2.93. The lowest BCUT2D eigenvalue weighted by atomic mass is 10.1. The fourth-order valence-corrected chi connectivity index (χ4v) is 2.68. The zero-order valence-electron chi connectivity index (χ0n) is 13.9. The second-order valence-corrected chi connectivity index (χ2v) is 6.04. The van der Waals surface area contributed by atoms with Gasteiger partial charge in [-0.25, -0.2) is 9.97 Å². The Morgan fingerprint density at radius 3 is 2.44 bits per heavy atom. The number of halogens is 1. The monoisotopic (exact) mass is 357 g/mol. The van der Waals surface area contributed by atoms with E-state index in [-0.39, 0.29) is 5.91 Å². The third-order valence-electron chi connectivity index (χ3n) is 3.45. The summed E-state index contributed by atoms with van der Waals surface area (Å²) in [5, 5.41) is 9.96. The number of hydrogen-bond acceptors (Lipinski definition) is 6. The van der Waals surface area contributed by atoms with Crippen molar-refractivity contribution in [2.24, 2.45) is 0 Å². The van der Waals surface area contributed by atoms with E-state index in [1.54, 1.807) is 19.1 Å². The van der Waals surface area contributed by atoms with Crippen LogP contribution in [0.25, 0.3) is 0 Å². The topological polar surface area (TPSA) is 92.9 Å². The average Bonchev–Trinajstić information content (AvgIpc) is 2.96. The summed E-state index contributed by atoms with van der Waals surface area (Å²) in [5.41, 5.74) is 2.82. The highest BCUT2D eigenvalue weighted by Crippen LogP contribution is 2.27. The first-order valence-electron chi connectivity index (χ1n) is 7.53. The molecular weight excluding hydrogens is 342 g/mol. The highest BCUT2D eigenvalue weighted by Gasteiger charge is 2.12. The van der Waals surface area contributed by atoms with Gasteiger partial charge in [0.05, 0.1) is 16.3 Å². The number of benzene rings is 1. The van der Waals surface area contributed by atoms with Gasteiger partial charge in [-0.05, 0) is 38.0 Å². The van der Waals surface area contributed by atoms with E-state index in [1.807, 2.05) is 19.9 Å². The summed E-state index contributed by atoms with van der Waals surface area (Å²) in [6, 6.07) is 5.46. The number of hydrogen-bond donors (Lipinski definition) is 2. The Balaban J connectivity index is 1.73. The molecule has 128 valence electrons. The third kappa shape index (κ3) is 3.95. The number of aromatic nitrogens is 3. The van der Waals surface area contributed by atoms with Gasteiger partial charge >= 0.3 is 0 Å². The van der Waals surface area contributed by atoms with E-state index >= 15 is 0 Å². The Bertz CT molecular complexity index is 898. The largest absolute Gasteiger partial charge is 0.360 e. The molecule has 0 unspecified atom stereocenters. The van der Waals surface area contributed by atoms with Gasteiger partial charge in [-0.15, -0.1) is 0 Å². The van der Waals surface area contributed by atoms with E-state index in [2.05, 4.69) is 25.8 Å². The minimum Gasteiger partial charge on any atom is -0.360 e. The van der Waals surface area contributed by atoms with Gasteiger partial charge in [-0.1, -0.05) is 22.8 Å². The Morgan fingerprint density at radius 2 is 1.84 bits per heavy atom. The number of nitrogens with zero attached hydrogens (tertiary/aromatic N) is 3. The maximum Gasteiger partial charge on any atom is 0.258 e. The molecule has 3 rings (SSSR count). The quantitative estimate of drug-likeness (QED) is 0.732. The van der Waals surface area contributed by atoms with Crippen molar-refractivity contribution in [2.75, 3.05) is 10.6 Å². The first kappa shape index (κ1) is 16.9. The second kappa shape index (κ2) is 6.90. The number of anilines is 3. The van der Waals surface area contributed by atoms with Crippen LogP contribution in [0, 0.1) is 20.8 Å². The number of rotatable bonds is 4. The molecule has 1 amide bonds. The SMILES string of the molecule is Cc1cc(C)c(NC(=O)c2cnc(Nc3cc(C)on3)nc2)c(Cl)c1. The van der Waals surface area contributed by atoms with E-state index in [9.17, 15) is 4.79 Å². The van der Waals surface area contributed by atoms with E-state index in [0.29, 0.717) is 33.8 Å².